The predicted molar refractivity (Wildman–Crippen MR) is 80.7 cm³/mol. The van der Waals surface area contributed by atoms with Crippen LogP contribution in [0.5, 0.6) is 0 Å². The summed E-state index contributed by atoms with van der Waals surface area (Å²) >= 11 is 0. The van der Waals surface area contributed by atoms with Crippen LogP contribution < -0.4 is 11.1 Å². The molecule has 0 radical (unpaired) electrons. The maximum absolute atomic E-state index is 5.93. The van der Waals surface area contributed by atoms with E-state index in [1.54, 1.807) is 0 Å². The first-order valence-electron chi connectivity index (χ1n) is 7.37. The Morgan fingerprint density at radius 1 is 1.60 bits per heavy atom. The number of nitrogens with one attached hydrogen (secondary N) is 1. The summed E-state index contributed by atoms with van der Waals surface area (Å²) in [6.45, 7) is 10.6. The van der Waals surface area contributed by atoms with Gasteiger partial charge in [-0.3, -0.25) is 0 Å². The third-order valence-electron chi connectivity index (χ3n) is 3.69. The molecule has 0 amide bonds. The Labute approximate surface area is 121 Å². The molecular formula is C16H26N2O2. The Morgan fingerprint density at radius 2 is 2.35 bits per heavy atom. The van der Waals surface area contributed by atoms with Gasteiger partial charge in [-0.25, -0.2) is 0 Å². The molecule has 4 heteroatoms. The Morgan fingerprint density at radius 3 is 2.95 bits per heavy atom. The van der Waals surface area contributed by atoms with Crippen LogP contribution in [-0.2, 0) is 4.74 Å². The highest BCUT2D eigenvalue weighted by molar-refractivity contribution is 5.19. The van der Waals surface area contributed by atoms with Gasteiger partial charge < -0.3 is 20.2 Å². The van der Waals surface area contributed by atoms with Gasteiger partial charge in [0.1, 0.15) is 11.5 Å². The second-order valence-corrected chi connectivity index (χ2v) is 5.81. The molecule has 0 aromatic carbocycles. The van der Waals surface area contributed by atoms with E-state index < -0.39 is 0 Å². The molecule has 3 unspecified atom stereocenters. The molecule has 2 rings (SSSR count). The molecule has 0 bridgehead atoms. The van der Waals surface area contributed by atoms with Crippen molar-refractivity contribution in [1.29, 1.82) is 0 Å². The van der Waals surface area contributed by atoms with Gasteiger partial charge in [-0.15, -0.1) is 0 Å². The van der Waals surface area contributed by atoms with Crippen LogP contribution in [-0.4, -0.2) is 26.3 Å². The third kappa shape index (κ3) is 4.20. The zero-order valence-corrected chi connectivity index (χ0v) is 12.5. The average molecular weight is 278 g/mol. The van der Waals surface area contributed by atoms with Crippen LogP contribution in [0.25, 0.3) is 0 Å². The van der Waals surface area contributed by atoms with Crippen molar-refractivity contribution in [1.82, 2.24) is 5.32 Å². The van der Waals surface area contributed by atoms with Crippen LogP contribution in [0, 0.1) is 5.92 Å². The van der Waals surface area contributed by atoms with E-state index in [0.29, 0.717) is 25.7 Å². The molecule has 1 aliphatic rings. The highest BCUT2D eigenvalue weighted by Gasteiger charge is 2.36. The van der Waals surface area contributed by atoms with Gasteiger partial charge in [0, 0.05) is 19.0 Å². The first-order valence-corrected chi connectivity index (χ1v) is 7.37. The van der Waals surface area contributed by atoms with E-state index in [4.69, 9.17) is 14.9 Å². The van der Waals surface area contributed by atoms with Crippen LogP contribution in [0.2, 0.25) is 0 Å². The lowest BCUT2D eigenvalue weighted by Crippen LogP contribution is -2.30. The highest BCUT2D eigenvalue weighted by atomic mass is 16.5. The van der Waals surface area contributed by atoms with Gasteiger partial charge in [0.15, 0.2) is 0 Å². The molecule has 1 fully saturated rings. The molecule has 0 saturated heterocycles. The van der Waals surface area contributed by atoms with Gasteiger partial charge in [0.2, 0.25) is 0 Å². The van der Waals surface area contributed by atoms with E-state index in [1.807, 2.05) is 13.0 Å². The molecule has 3 N–H and O–H groups in total. The molecular weight excluding hydrogens is 252 g/mol. The minimum Gasteiger partial charge on any atom is -0.464 e. The summed E-state index contributed by atoms with van der Waals surface area (Å²) in [6, 6.07) is 4.19. The van der Waals surface area contributed by atoms with Crippen molar-refractivity contribution in [2.45, 2.75) is 32.2 Å². The molecule has 1 aromatic heterocycles. The van der Waals surface area contributed by atoms with E-state index in [-0.39, 0.29) is 6.04 Å². The van der Waals surface area contributed by atoms with Gasteiger partial charge >= 0.3 is 0 Å². The number of nitrogens with two attached hydrogens (primary N) is 1. The fourth-order valence-corrected chi connectivity index (χ4v) is 2.33. The molecule has 4 nitrogen and oxygen atoms in total. The van der Waals surface area contributed by atoms with Crippen molar-refractivity contribution in [3.8, 4) is 0 Å². The van der Waals surface area contributed by atoms with E-state index in [2.05, 4.69) is 24.9 Å². The summed E-state index contributed by atoms with van der Waals surface area (Å²) in [4.78, 5) is 0. The third-order valence-corrected chi connectivity index (χ3v) is 3.69. The second-order valence-electron chi connectivity index (χ2n) is 5.81. The van der Waals surface area contributed by atoms with Crippen molar-refractivity contribution in [2.75, 3.05) is 26.3 Å². The first-order chi connectivity index (χ1) is 9.61. The van der Waals surface area contributed by atoms with E-state index >= 15 is 0 Å². The van der Waals surface area contributed by atoms with E-state index in [1.165, 1.54) is 6.42 Å². The molecule has 112 valence electrons. The zero-order chi connectivity index (χ0) is 14.5. The topological polar surface area (TPSA) is 60.4 Å². The van der Waals surface area contributed by atoms with Gasteiger partial charge in [-0.2, -0.15) is 0 Å². The maximum atomic E-state index is 5.93. The molecule has 1 saturated carbocycles. The van der Waals surface area contributed by atoms with Crippen molar-refractivity contribution < 1.29 is 9.15 Å². The molecule has 20 heavy (non-hydrogen) atoms. The smallest absolute Gasteiger partial charge is 0.122 e. The average Bonchev–Trinajstić information content (AvgIpc) is 2.95. The van der Waals surface area contributed by atoms with Crippen molar-refractivity contribution in [3.63, 3.8) is 0 Å². The van der Waals surface area contributed by atoms with Crippen LogP contribution in [0.4, 0.5) is 0 Å². The Bertz CT molecular complexity index is 441. The zero-order valence-electron chi connectivity index (χ0n) is 12.5. The Hall–Kier alpha value is -1.10. The lowest BCUT2D eigenvalue weighted by Gasteiger charge is -2.14. The largest absolute Gasteiger partial charge is 0.464 e. The molecule has 1 aromatic rings. The summed E-state index contributed by atoms with van der Waals surface area (Å²) in [5.41, 5.74) is 6.86. The molecule has 1 aliphatic carbocycles. The number of hydrogen-bond donors (Lipinski definition) is 2. The van der Waals surface area contributed by atoms with Crippen LogP contribution in [0.3, 0.4) is 0 Å². The fourth-order valence-electron chi connectivity index (χ4n) is 2.33. The Balaban J connectivity index is 1.76. The van der Waals surface area contributed by atoms with E-state index in [0.717, 1.165) is 29.6 Å². The minimum absolute atomic E-state index is 0.0613. The van der Waals surface area contributed by atoms with Gasteiger partial charge in [-0.05, 0) is 31.4 Å². The van der Waals surface area contributed by atoms with Gasteiger partial charge in [0.05, 0.1) is 19.3 Å². The summed E-state index contributed by atoms with van der Waals surface area (Å²) in [5.74, 6) is 3.41. The maximum Gasteiger partial charge on any atom is 0.122 e. The summed E-state index contributed by atoms with van der Waals surface area (Å²) in [7, 11) is 0. The van der Waals surface area contributed by atoms with Crippen molar-refractivity contribution >= 4 is 0 Å². The molecule has 1 heterocycles. The first kappa shape index (κ1) is 15.3. The Kier molecular flexibility index (Phi) is 5.40. The standard InChI is InChI=1S/C16H26N2O2/c1-11(2)10-19-7-6-18-14(9-17)16-5-4-15(20-16)13-8-12(13)3/h4-5,12-14,18H,1,6-10,17H2,2-3H3. The monoisotopic (exact) mass is 278 g/mol. The normalized spacial score (nSPS) is 22.8. The lowest BCUT2D eigenvalue weighted by molar-refractivity contribution is 0.154. The summed E-state index contributed by atoms with van der Waals surface area (Å²) < 4.78 is 11.4. The highest BCUT2D eigenvalue weighted by Crippen LogP contribution is 2.47. The fraction of sp³-hybridized carbons (Fsp3) is 0.625. The number of furan rings is 1. The SMILES string of the molecule is C=C(C)COCCNC(CN)c1ccc(C2CC2C)o1. The van der Waals surface area contributed by atoms with E-state index in [9.17, 15) is 0 Å². The second kappa shape index (κ2) is 7.07. The predicted octanol–water partition coefficient (Wildman–Crippen LogP) is 2.59. The van der Waals surface area contributed by atoms with Gasteiger partial charge in [0.25, 0.3) is 0 Å². The van der Waals surface area contributed by atoms with Crippen LogP contribution in [0.1, 0.15) is 43.7 Å². The molecule has 3 atom stereocenters. The van der Waals surface area contributed by atoms with Crippen LogP contribution >= 0.6 is 0 Å². The van der Waals surface area contributed by atoms with Gasteiger partial charge in [-0.1, -0.05) is 19.1 Å². The number of hydrogen-bond acceptors (Lipinski definition) is 4. The van der Waals surface area contributed by atoms with Crippen molar-refractivity contribution in [3.05, 3.63) is 35.8 Å². The molecule has 0 aliphatic heterocycles. The summed E-state index contributed by atoms with van der Waals surface area (Å²) in [5, 5.41) is 3.37. The number of rotatable bonds is 9. The number of ether oxygens (including phenoxy) is 1. The molecule has 0 spiro atoms. The van der Waals surface area contributed by atoms with Crippen LogP contribution in [0.15, 0.2) is 28.7 Å². The quantitative estimate of drug-likeness (QED) is 0.538. The summed E-state index contributed by atoms with van der Waals surface area (Å²) in [6.07, 6.45) is 1.24. The minimum atomic E-state index is 0.0613. The lowest BCUT2D eigenvalue weighted by atomic mass is 10.2. The van der Waals surface area contributed by atoms with Crippen molar-refractivity contribution in [2.24, 2.45) is 11.7 Å².